The first kappa shape index (κ1) is 41.2. The molecule has 0 saturated heterocycles. The molecule has 3 aliphatic carbocycles. The second kappa shape index (κ2) is 15.5. The molecule has 1 spiro atoms. The van der Waals surface area contributed by atoms with E-state index in [1.165, 1.54) is 120 Å². The average molecular weight is 934 g/mol. The third kappa shape index (κ3) is 5.82. The molecular formula is C70H47NS. The fourth-order valence-corrected chi connectivity index (χ4v) is 14.1. The second-order valence-corrected chi connectivity index (χ2v) is 21.4. The molecule has 0 N–H and O–H groups in total. The number of anilines is 3. The number of nitrogens with zero attached hydrogens (tertiary/aromatic N) is 1. The van der Waals surface area contributed by atoms with Crippen LogP contribution in [0.15, 0.2) is 249 Å². The fraction of sp³-hybridized carbons (Fsp3) is 0.0571. The van der Waals surface area contributed by atoms with Gasteiger partial charge in [-0.15, -0.1) is 11.3 Å². The second-order valence-electron chi connectivity index (χ2n) is 20.3. The van der Waals surface area contributed by atoms with Crippen LogP contribution in [0.3, 0.4) is 0 Å². The maximum atomic E-state index is 2.49. The molecule has 1 aromatic heterocycles. The Morgan fingerprint density at radius 1 is 0.278 bits per heavy atom. The molecule has 0 aliphatic heterocycles. The molecule has 0 saturated carbocycles. The predicted octanol–water partition coefficient (Wildman–Crippen LogP) is 19.2. The van der Waals surface area contributed by atoms with Crippen molar-refractivity contribution in [3.63, 3.8) is 0 Å². The van der Waals surface area contributed by atoms with Crippen LogP contribution < -0.4 is 4.90 Å². The monoisotopic (exact) mass is 933 g/mol. The fourth-order valence-electron chi connectivity index (χ4n) is 13.0. The van der Waals surface area contributed by atoms with Gasteiger partial charge in [-0.1, -0.05) is 202 Å². The van der Waals surface area contributed by atoms with E-state index in [-0.39, 0.29) is 5.41 Å². The van der Waals surface area contributed by atoms with Crippen LogP contribution in [0, 0.1) is 0 Å². The van der Waals surface area contributed by atoms with Crippen LogP contribution in [0.5, 0.6) is 0 Å². The van der Waals surface area contributed by atoms with E-state index in [2.05, 4.69) is 267 Å². The minimum Gasteiger partial charge on any atom is -0.310 e. The van der Waals surface area contributed by atoms with Crippen LogP contribution in [0.2, 0.25) is 0 Å². The van der Waals surface area contributed by atoms with Gasteiger partial charge in [0.25, 0.3) is 0 Å². The van der Waals surface area contributed by atoms with Gasteiger partial charge in [0.05, 0.1) is 5.41 Å². The molecule has 2 heteroatoms. The van der Waals surface area contributed by atoms with E-state index < -0.39 is 5.41 Å². The number of hydrogen-bond donors (Lipinski definition) is 0. The Balaban J connectivity index is 0.920. The van der Waals surface area contributed by atoms with Crippen LogP contribution in [0.25, 0.3) is 86.9 Å². The third-order valence-corrected chi connectivity index (χ3v) is 17.5. The minimum absolute atomic E-state index is 0.150. The maximum Gasteiger partial charge on any atom is 0.0725 e. The zero-order valence-corrected chi connectivity index (χ0v) is 40.8. The van der Waals surface area contributed by atoms with Crippen molar-refractivity contribution in [3.05, 3.63) is 282 Å². The lowest BCUT2D eigenvalue weighted by Gasteiger charge is -2.30. The van der Waals surface area contributed by atoms with Crippen molar-refractivity contribution in [3.8, 4) is 66.8 Å². The van der Waals surface area contributed by atoms with Crippen molar-refractivity contribution in [2.45, 2.75) is 24.7 Å². The Labute approximate surface area is 424 Å². The number of benzene rings is 11. The molecule has 15 rings (SSSR count). The summed E-state index contributed by atoms with van der Waals surface area (Å²) >= 11 is 1.87. The molecule has 0 fully saturated rings. The molecule has 1 heterocycles. The summed E-state index contributed by atoms with van der Waals surface area (Å²) in [6.45, 7) is 4.75. The van der Waals surface area contributed by atoms with Gasteiger partial charge in [0.1, 0.15) is 0 Å². The molecule has 12 aromatic rings. The highest BCUT2D eigenvalue weighted by atomic mass is 32.1. The molecule has 0 bridgehead atoms. The number of fused-ring (bicyclic) bond motifs is 16. The lowest BCUT2D eigenvalue weighted by atomic mass is 9.70. The number of thiophene rings is 1. The summed E-state index contributed by atoms with van der Waals surface area (Å²) in [5, 5.41) is 2.63. The zero-order chi connectivity index (χ0) is 47.7. The van der Waals surface area contributed by atoms with Crippen LogP contribution in [0.4, 0.5) is 17.1 Å². The van der Waals surface area contributed by atoms with Crippen molar-refractivity contribution >= 4 is 48.6 Å². The summed E-state index contributed by atoms with van der Waals surface area (Å²) < 4.78 is 2.65. The van der Waals surface area contributed by atoms with Crippen LogP contribution in [-0.4, -0.2) is 0 Å². The van der Waals surface area contributed by atoms with Gasteiger partial charge in [-0.05, 0) is 161 Å². The number of rotatable bonds is 6. The largest absolute Gasteiger partial charge is 0.310 e. The van der Waals surface area contributed by atoms with E-state index in [4.69, 9.17) is 0 Å². The summed E-state index contributed by atoms with van der Waals surface area (Å²) in [4.78, 5) is 2.47. The Hall–Kier alpha value is -8.56. The number of hydrogen-bond acceptors (Lipinski definition) is 2. The SMILES string of the molecule is CC1(C)c2ccccc2-c2ccc(N(c3ccc(-c4ccc5sc6ccccc6c5c4)cc3)c3ccc(-c4ccccc4)c(-c4ccc5c(c4)-c4ccccc4C54c5ccccc5-c5ccccc54)c3)cc21. The van der Waals surface area contributed by atoms with Gasteiger partial charge in [-0.2, -0.15) is 0 Å². The van der Waals surface area contributed by atoms with Crippen molar-refractivity contribution < 1.29 is 0 Å². The highest BCUT2D eigenvalue weighted by Crippen LogP contribution is 2.63. The van der Waals surface area contributed by atoms with E-state index in [0.717, 1.165) is 17.1 Å². The average Bonchev–Trinajstić information content (AvgIpc) is 4.13. The van der Waals surface area contributed by atoms with Gasteiger partial charge in [-0.3, -0.25) is 0 Å². The topological polar surface area (TPSA) is 3.24 Å². The van der Waals surface area contributed by atoms with Crippen molar-refractivity contribution in [2.75, 3.05) is 4.90 Å². The van der Waals surface area contributed by atoms with E-state index in [1.54, 1.807) is 0 Å². The normalized spacial score (nSPS) is 13.9. The van der Waals surface area contributed by atoms with Crippen LogP contribution in [-0.2, 0) is 10.8 Å². The van der Waals surface area contributed by atoms with Gasteiger partial charge in [-0.25, -0.2) is 0 Å². The van der Waals surface area contributed by atoms with Crippen molar-refractivity contribution in [1.29, 1.82) is 0 Å². The van der Waals surface area contributed by atoms with Gasteiger partial charge in [0.2, 0.25) is 0 Å². The van der Waals surface area contributed by atoms with Gasteiger partial charge in [0.15, 0.2) is 0 Å². The maximum absolute atomic E-state index is 2.49. The molecule has 72 heavy (non-hydrogen) atoms. The molecule has 11 aromatic carbocycles. The molecule has 338 valence electrons. The smallest absolute Gasteiger partial charge is 0.0725 e. The van der Waals surface area contributed by atoms with E-state index in [9.17, 15) is 0 Å². The zero-order valence-electron chi connectivity index (χ0n) is 40.0. The summed E-state index contributed by atoms with van der Waals surface area (Å²) in [6.07, 6.45) is 0. The molecule has 0 unspecified atom stereocenters. The molecule has 0 radical (unpaired) electrons. The summed E-state index contributed by atoms with van der Waals surface area (Å²) in [5.74, 6) is 0. The summed E-state index contributed by atoms with van der Waals surface area (Å²) in [6, 6.07) is 93.6. The lowest BCUT2D eigenvalue weighted by molar-refractivity contribution is 0.660. The first-order valence-electron chi connectivity index (χ1n) is 25.2. The van der Waals surface area contributed by atoms with Crippen molar-refractivity contribution in [1.82, 2.24) is 0 Å². The van der Waals surface area contributed by atoms with Crippen LogP contribution in [0.1, 0.15) is 47.2 Å². The first-order valence-corrected chi connectivity index (χ1v) is 26.0. The summed E-state index contributed by atoms with van der Waals surface area (Å²) in [5.41, 5.74) is 26.0. The first-order chi connectivity index (χ1) is 35.4. The standard InChI is InChI=1S/C70H47NS/c1-69(2)61-23-11-6-18-52(61)56-37-35-50(43-66(56)69)71(48-32-28-44(29-33-48)46-31-39-68-60(40-46)57-22-10-15-27-67(57)72-68)49-34-36-51(45-16-4-3-5-17-45)58(42-49)47-30-38-65-59(41-47)55-21-9-14-26-64(55)70(65)62-24-12-7-19-53(62)54-20-8-13-25-63(54)70/h3-43H,1-2H3. The Morgan fingerprint density at radius 3 is 1.49 bits per heavy atom. The highest BCUT2D eigenvalue weighted by molar-refractivity contribution is 7.25. The quantitative estimate of drug-likeness (QED) is 0.161. The Morgan fingerprint density at radius 2 is 0.778 bits per heavy atom. The third-order valence-electron chi connectivity index (χ3n) is 16.3. The van der Waals surface area contributed by atoms with Gasteiger partial charge >= 0.3 is 0 Å². The van der Waals surface area contributed by atoms with E-state index in [0.29, 0.717) is 0 Å². The van der Waals surface area contributed by atoms with Gasteiger partial charge in [0, 0.05) is 42.6 Å². The molecular weight excluding hydrogens is 887 g/mol. The predicted molar refractivity (Wildman–Crippen MR) is 304 cm³/mol. The van der Waals surface area contributed by atoms with Gasteiger partial charge < -0.3 is 4.90 Å². The molecule has 0 amide bonds. The van der Waals surface area contributed by atoms with E-state index in [1.807, 2.05) is 11.3 Å². The molecule has 0 atom stereocenters. The Bertz CT molecular complexity index is 4150. The Kier molecular flexibility index (Phi) is 8.86. The lowest BCUT2D eigenvalue weighted by Crippen LogP contribution is -2.25. The van der Waals surface area contributed by atoms with E-state index >= 15 is 0 Å². The van der Waals surface area contributed by atoms with Crippen LogP contribution >= 0.6 is 11.3 Å². The summed E-state index contributed by atoms with van der Waals surface area (Å²) in [7, 11) is 0. The van der Waals surface area contributed by atoms with Crippen molar-refractivity contribution in [2.24, 2.45) is 0 Å². The molecule has 1 nitrogen and oxygen atoms in total. The minimum atomic E-state index is -0.394. The molecule has 3 aliphatic rings. The highest BCUT2D eigenvalue weighted by Gasteiger charge is 2.51.